The van der Waals surface area contributed by atoms with Gasteiger partial charge in [-0.05, 0) is 12.8 Å². The maximum atomic E-state index is 4.45. The summed E-state index contributed by atoms with van der Waals surface area (Å²) in [5.74, 6) is 1.68. The van der Waals surface area contributed by atoms with Gasteiger partial charge in [-0.2, -0.15) is 5.10 Å². The zero-order valence-corrected chi connectivity index (χ0v) is 10.00. The molecule has 3 rings (SSSR count). The first-order valence-electron chi connectivity index (χ1n) is 5.49. The van der Waals surface area contributed by atoms with E-state index in [2.05, 4.69) is 15.4 Å². The fraction of sp³-hybridized carbons (Fsp3) is 0.455. The molecule has 0 radical (unpaired) electrons. The molecule has 1 N–H and O–H groups in total. The lowest BCUT2D eigenvalue weighted by Crippen LogP contribution is -1.98. The minimum atomic E-state index is 0.758. The molecule has 2 heterocycles. The molecule has 0 bridgehead atoms. The van der Waals surface area contributed by atoms with E-state index >= 15 is 0 Å². The van der Waals surface area contributed by atoms with E-state index in [4.69, 9.17) is 0 Å². The van der Waals surface area contributed by atoms with Gasteiger partial charge in [-0.3, -0.25) is 4.68 Å². The van der Waals surface area contributed by atoms with Gasteiger partial charge in [0, 0.05) is 36.3 Å². The Labute approximate surface area is 98.3 Å². The van der Waals surface area contributed by atoms with Crippen molar-refractivity contribution in [3.63, 3.8) is 0 Å². The number of thiazole rings is 1. The van der Waals surface area contributed by atoms with Crippen LogP contribution in [0.3, 0.4) is 0 Å². The third-order valence-corrected chi connectivity index (χ3v) is 3.82. The highest BCUT2D eigenvalue weighted by Gasteiger charge is 2.26. The quantitative estimate of drug-likeness (QED) is 0.883. The third kappa shape index (κ3) is 2.09. The molecule has 0 spiro atoms. The first-order chi connectivity index (χ1) is 7.81. The second kappa shape index (κ2) is 3.90. The summed E-state index contributed by atoms with van der Waals surface area (Å²) in [5, 5.41) is 8.87. The van der Waals surface area contributed by atoms with Crippen LogP contribution in [0, 0.1) is 0 Å². The fourth-order valence-corrected chi connectivity index (χ4v) is 2.64. The van der Waals surface area contributed by atoms with Gasteiger partial charge in [-0.15, -0.1) is 11.3 Å². The van der Waals surface area contributed by atoms with Crippen LogP contribution in [0.2, 0.25) is 0 Å². The number of nitrogens with one attached hydrogen (secondary N) is 1. The molecule has 1 aliphatic carbocycles. The van der Waals surface area contributed by atoms with Crippen molar-refractivity contribution in [3.8, 4) is 0 Å². The highest BCUT2D eigenvalue weighted by molar-refractivity contribution is 7.11. The number of nitrogens with zero attached hydrogens (tertiary/aromatic N) is 3. The standard InChI is InChI=1S/C11H14N4S/c1-15-5-4-10(14-15)12-6-9-7-13-11(16-9)8-2-3-8/h4-5,7-8H,2-3,6H2,1H3,(H,12,14). The molecular weight excluding hydrogens is 220 g/mol. The summed E-state index contributed by atoms with van der Waals surface area (Å²) in [5.41, 5.74) is 0. The highest BCUT2D eigenvalue weighted by atomic mass is 32.1. The Bertz CT molecular complexity index is 484. The van der Waals surface area contributed by atoms with E-state index in [-0.39, 0.29) is 0 Å². The summed E-state index contributed by atoms with van der Waals surface area (Å²) in [4.78, 5) is 5.73. The molecule has 2 aromatic heterocycles. The van der Waals surface area contributed by atoms with Gasteiger partial charge in [0.05, 0.1) is 11.6 Å². The van der Waals surface area contributed by atoms with Crippen LogP contribution >= 0.6 is 11.3 Å². The van der Waals surface area contributed by atoms with Crippen LogP contribution in [0.4, 0.5) is 5.82 Å². The Hall–Kier alpha value is -1.36. The number of hydrogen-bond donors (Lipinski definition) is 1. The highest BCUT2D eigenvalue weighted by Crippen LogP contribution is 2.41. The van der Waals surface area contributed by atoms with E-state index in [1.54, 1.807) is 4.68 Å². The topological polar surface area (TPSA) is 42.7 Å². The van der Waals surface area contributed by atoms with Gasteiger partial charge in [0.25, 0.3) is 0 Å². The molecule has 0 unspecified atom stereocenters. The Balaban J connectivity index is 1.61. The zero-order chi connectivity index (χ0) is 11.0. The largest absolute Gasteiger partial charge is 0.364 e. The van der Waals surface area contributed by atoms with E-state index < -0.39 is 0 Å². The second-order valence-corrected chi connectivity index (χ2v) is 5.31. The average Bonchev–Trinajstić information content (AvgIpc) is 2.87. The molecule has 1 fully saturated rings. The van der Waals surface area contributed by atoms with Crippen LogP contribution in [-0.2, 0) is 13.6 Å². The molecule has 16 heavy (non-hydrogen) atoms. The molecule has 84 valence electrons. The number of hydrogen-bond acceptors (Lipinski definition) is 4. The van der Waals surface area contributed by atoms with Gasteiger partial charge >= 0.3 is 0 Å². The van der Waals surface area contributed by atoms with Gasteiger partial charge < -0.3 is 5.32 Å². The minimum absolute atomic E-state index is 0.758. The zero-order valence-electron chi connectivity index (χ0n) is 9.18. The second-order valence-electron chi connectivity index (χ2n) is 4.17. The maximum Gasteiger partial charge on any atom is 0.148 e. The molecular formula is C11H14N4S. The molecule has 0 saturated heterocycles. The summed E-state index contributed by atoms with van der Waals surface area (Å²) in [7, 11) is 1.92. The van der Waals surface area contributed by atoms with Crippen molar-refractivity contribution in [2.75, 3.05) is 5.32 Å². The molecule has 0 aromatic carbocycles. The number of anilines is 1. The van der Waals surface area contributed by atoms with E-state index in [0.717, 1.165) is 18.3 Å². The Morgan fingerprint density at radius 1 is 1.56 bits per heavy atom. The van der Waals surface area contributed by atoms with E-state index in [1.165, 1.54) is 22.7 Å². The van der Waals surface area contributed by atoms with E-state index in [1.807, 2.05) is 36.8 Å². The molecule has 0 aliphatic heterocycles. The molecule has 0 amide bonds. The average molecular weight is 234 g/mol. The van der Waals surface area contributed by atoms with Crippen molar-refractivity contribution in [2.45, 2.75) is 25.3 Å². The van der Waals surface area contributed by atoms with E-state index in [9.17, 15) is 0 Å². The predicted octanol–water partition coefficient (Wildman–Crippen LogP) is 2.37. The summed E-state index contributed by atoms with van der Waals surface area (Å²) in [6.07, 6.45) is 6.56. The van der Waals surface area contributed by atoms with Gasteiger partial charge in [-0.25, -0.2) is 4.98 Å². The van der Waals surface area contributed by atoms with Gasteiger partial charge in [-0.1, -0.05) is 0 Å². The van der Waals surface area contributed by atoms with Crippen molar-refractivity contribution in [1.82, 2.24) is 14.8 Å². The van der Waals surface area contributed by atoms with Gasteiger partial charge in [0.15, 0.2) is 0 Å². The Morgan fingerprint density at radius 2 is 2.44 bits per heavy atom. The fourth-order valence-electron chi connectivity index (χ4n) is 1.61. The predicted molar refractivity (Wildman–Crippen MR) is 64.6 cm³/mol. The van der Waals surface area contributed by atoms with Crippen LogP contribution < -0.4 is 5.32 Å². The van der Waals surface area contributed by atoms with Crippen molar-refractivity contribution in [3.05, 3.63) is 28.3 Å². The first kappa shape index (κ1) is 9.84. The van der Waals surface area contributed by atoms with Crippen LogP contribution in [0.1, 0.15) is 28.6 Å². The van der Waals surface area contributed by atoms with Crippen LogP contribution in [-0.4, -0.2) is 14.8 Å². The molecule has 2 aromatic rings. The molecule has 1 saturated carbocycles. The minimum Gasteiger partial charge on any atom is -0.364 e. The smallest absolute Gasteiger partial charge is 0.148 e. The van der Waals surface area contributed by atoms with Gasteiger partial charge in [0.1, 0.15) is 5.82 Å². The van der Waals surface area contributed by atoms with E-state index in [0.29, 0.717) is 0 Å². The van der Waals surface area contributed by atoms with Crippen LogP contribution in [0.5, 0.6) is 0 Å². The van der Waals surface area contributed by atoms with Crippen molar-refractivity contribution in [2.24, 2.45) is 7.05 Å². The summed E-state index contributed by atoms with van der Waals surface area (Å²) in [6, 6.07) is 1.98. The molecule has 5 heteroatoms. The number of aryl methyl sites for hydroxylation is 1. The number of rotatable bonds is 4. The maximum absolute atomic E-state index is 4.45. The summed E-state index contributed by atoms with van der Waals surface area (Å²) < 4.78 is 1.80. The first-order valence-corrected chi connectivity index (χ1v) is 6.31. The van der Waals surface area contributed by atoms with Gasteiger partial charge in [0.2, 0.25) is 0 Å². The lowest BCUT2D eigenvalue weighted by atomic mass is 10.4. The van der Waals surface area contributed by atoms with Crippen molar-refractivity contribution in [1.29, 1.82) is 0 Å². The molecule has 0 atom stereocenters. The SMILES string of the molecule is Cn1ccc(NCc2cnc(C3CC3)s2)n1. The van der Waals surface area contributed by atoms with Crippen LogP contribution in [0.15, 0.2) is 18.5 Å². The monoisotopic (exact) mass is 234 g/mol. The van der Waals surface area contributed by atoms with Crippen molar-refractivity contribution < 1.29 is 0 Å². The third-order valence-electron chi connectivity index (χ3n) is 2.66. The normalized spacial score (nSPS) is 15.3. The van der Waals surface area contributed by atoms with Crippen molar-refractivity contribution >= 4 is 17.2 Å². The summed E-state index contributed by atoms with van der Waals surface area (Å²) in [6.45, 7) is 0.821. The summed E-state index contributed by atoms with van der Waals surface area (Å²) >= 11 is 1.82. The molecule has 4 nitrogen and oxygen atoms in total. The number of aromatic nitrogens is 3. The lowest BCUT2D eigenvalue weighted by Gasteiger charge is -1.98. The lowest BCUT2D eigenvalue weighted by molar-refractivity contribution is 0.768. The Kier molecular flexibility index (Phi) is 2.40. The Morgan fingerprint density at radius 3 is 3.12 bits per heavy atom. The molecule has 1 aliphatic rings. The van der Waals surface area contributed by atoms with Crippen LogP contribution in [0.25, 0.3) is 0 Å².